The Kier molecular flexibility index (Phi) is 2.54. The van der Waals surface area contributed by atoms with Gasteiger partial charge in [-0.25, -0.2) is 4.98 Å². The number of fused-ring (bicyclic) bond motifs is 3. The van der Waals surface area contributed by atoms with Crippen molar-refractivity contribution < 1.29 is 0 Å². The molecule has 0 spiro atoms. The van der Waals surface area contributed by atoms with Gasteiger partial charge in [0.2, 0.25) is 0 Å². The lowest BCUT2D eigenvalue weighted by Crippen LogP contribution is -1.92. The SMILES string of the molecule is Clc1cncc(-c2ccnc3c2-c2ccccc2C3)n1. The van der Waals surface area contributed by atoms with Gasteiger partial charge in [-0.15, -0.1) is 0 Å². The lowest BCUT2D eigenvalue weighted by molar-refractivity contribution is 1.12. The largest absolute Gasteiger partial charge is 0.260 e. The first kappa shape index (κ1) is 11.6. The Balaban J connectivity index is 2.00. The molecular weight excluding hydrogens is 270 g/mol. The van der Waals surface area contributed by atoms with Crippen molar-refractivity contribution >= 4 is 11.6 Å². The first-order chi connectivity index (χ1) is 9.83. The van der Waals surface area contributed by atoms with E-state index in [2.05, 4.69) is 33.2 Å². The van der Waals surface area contributed by atoms with Gasteiger partial charge in [-0.05, 0) is 17.2 Å². The van der Waals surface area contributed by atoms with Gasteiger partial charge in [0.05, 0.1) is 23.8 Å². The number of aromatic nitrogens is 3. The predicted molar refractivity (Wildman–Crippen MR) is 78.5 cm³/mol. The van der Waals surface area contributed by atoms with Gasteiger partial charge in [0.25, 0.3) is 0 Å². The maximum absolute atomic E-state index is 5.96. The van der Waals surface area contributed by atoms with Crippen molar-refractivity contribution in [2.75, 3.05) is 0 Å². The monoisotopic (exact) mass is 279 g/mol. The molecule has 0 saturated heterocycles. The normalized spacial score (nSPS) is 12.1. The fraction of sp³-hybridized carbons (Fsp3) is 0.0625. The Bertz CT molecular complexity index is 814. The van der Waals surface area contributed by atoms with E-state index in [1.54, 1.807) is 12.4 Å². The minimum Gasteiger partial charge on any atom is -0.260 e. The van der Waals surface area contributed by atoms with Crippen molar-refractivity contribution in [3.8, 4) is 22.4 Å². The Labute approximate surface area is 121 Å². The van der Waals surface area contributed by atoms with E-state index in [0.717, 1.165) is 28.9 Å². The second-order valence-electron chi connectivity index (χ2n) is 4.74. The molecule has 0 saturated carbocycles. The van der Waals surface area contributed by atoms with Crippen LogP contribution in [-0.4, -0.2) is 15.0 Å². The standard InChI is InChI=1S/C16H10ClN3/c17-15-9-18-8-14(20-15)12-5-6-19-13-7-10-3-1-2-4-11(10)16(12)13/h1-6,8-9H,7H2. The number of halogens is 1. The Hall–Kier alpha value is -2.26. The molecule has 0 N–H and O–H groups in total. The van der Waals surface area contributed by atoms with Crippen LogP contribution < -0.4 is 0 Å². The van der Waals surface area contributed by atoms with E-state index in [4.69, 9.17) is 11.6 Å². The van der Waals surface area contributed by atoms with Crippen LogP contribution in [0.2, 0.25) is 5.15 Å². The maximum Gasteiger partial charge on any atom is 0.148 e. The van der Waals surface area contributed by atoms with Crippen molar-refractivity contribution in [3.05, 3.63) is 65.3 Å². The molecule has 0 radical (unpaired) electrons. The number of hydrogen-bond donors (Lipinski definition) is 0. The highest BCUT2D eigenvalue weighted by Gasteiger charge is 2.23. The summed E-state index contributed by atoms with van der Waals surface area (Å²) in [6.07, 6.45) is 5.97. The molecule has 1 aromatic carbocycles. The van der Waals surface area contributed by atoms with Crippen LogP contribution in [0.4, 0.5) is 0 Å². The third kappa shape index (κ3) is 1.71. The third-order valence-electron chi connectivity index (χ3n) is 3.56. The molecule has 4 heteroatoms. The second kappa shape index (κ2) is 4.39. The molecule has 1 aliphatic carbocycles. The summed E-state index contributed by atoms with van der Waals surface area (Å²) in [6, 6.07) is 10.4. The van der Waals surface area contributed by atoms with Gasteiger partial charge in [-0.3, -0.25) is 9.97 Å². The maximum atomic E-state index is 5.96. The summed E-state index contributed by atoms with van der Waals surface area (Å²) in [6.45, 7) is 0. The van der Waals surface area contributed by atoms with Crippen LogP contribution >= 0.6 is 11.6 Å². The van der Waals surface area contributed by atoms with Crippen LogP contribution in [0.25, 0.3) is 22.4 Å². The van der Waals surface area contributed by atoms with E-state index in [1.807, 2.05) is 18.3 Å². The molecule has 0 bridgehead atoms. The number of pyridine rings is 1. The first-order valence-corrected chi connectivity index (χ1v) is 6.75. The van der Waals surface area contributed by atoms with Gasteiger partial charge in [0.15, 0.2) is 0 Å². The molecule has 4 rings (SSSR count). The summed E-state index contributed by atoms with van der Waals surface area (Å²) in [5.74, 6) is 0. The van der Waals surface area contributed by atoms with Gasteiger partial charge in [0, 0.05) is 23.7 Å². The van der Waals surface area contributed by atoms with Crippen LogP contribution in [0.1, 0.15) is 11.3 Å². The zero-order valence-electron chi connectivity index (χ0n) is 10.5. The van der Waals surface area contributed by atoms with E-state index in [9.17, 15) is 0 Å². The minimum absolute atomic E-state index is 0.402. The summed E-state index contributed by atoms with van der Waals surface area (Å²) in [4.78, 5) is 13.0. The van der Waals surface area contributed by atoms with Gasteiger partial charge in [0.1, 0.15) is 5.15 Å². The minimum atomic E-state index is 0.402. The lowest BCUT2D eigenvalue weighted by Gasteiger charge is -2.08. The van der Waals surface area contributed by atoms with Crippen LogP contribution in [0.15, 0.2) is 48.9 Å². The molecule has 0 fully saturated rings. The molecule has 0 aliphatic heterocycles. The molecule has 20 heavy (non-hydrogen) atoms. The topological polar surface area (TPSA) is 38.7 Å². The smallest absolute Gasteiger partial charge is 0.148 e. The van der Waals surface area contributed by atoms with Crippen molar-refractivity contribution in [1.82, 2.24) is 15.0 Å². The van der Waals surface area contributed by atoms with E-state index in [-0.39, 0.29) is 0 Å². The summed E-state index contributed by atoms with van der Waals surface area (Å²) in [5.41, 5.74) is 6.60. The van der Waals surface area contributed by atoms with E-state index in [1.165, 1.54) is 11.1 Å². The van der Waals surface area contributed by atoms with Crippen molar-refractivity contribution in [1.29, 1.82) is 0 Å². The van der Waals surface area contributed by atoms with Gasteiger partial charge < -0.3 is 0 Å². The zero-order valence-corrected chi connectivity index (χ0v) is 11.3. The van der Waals surface area contributed by atoms with Crippen LogP contribution in [0.3, 0.4) is 0 Å². The molecule has 1 aliphatic rings. The van der Waals surface area contributed by atoms with Crippen LogP contribution in [-0.2, 0) is 6.42 Å². The quantitative estimate of drug-likeness (QED) is 0.532. The van der Waals surface area contributed by atoms with Crippen molar-refractivity contribution in [2.24, 2.45) is 0 Å². The Morgan fingerprint density at radius 1 is 1.00 bits per heavy atom. The summed E-state index contributed by atoms with van der Waals surface area (Å²) in [7, 11) is 0. The fourth-order valence-electron chi connectivity index (χ4n) is 2.72. The number of hydrogen-bond acceptors (Lipinski definition) is 3. The number of rotatable bonds is 1. The Morgan fingerprint density at radius 3 is 2.80 bits per heavy atom. The molecule has 96 valence electrons. The number of benzene rings is 1. The van der Waals surface area contributed by atoms with Gasteiger partial charge in [-0.1, -0.05) is 35.9 Å². The molecule has 2 heterocycles. The highest BCUT2D eigenvalue weighted by Crippen LogP contribution is 2.41. The predicted octanol–water partition coefficient (Wildman–Crippen LogP) is 3.76. The average molecular weight is 280 g/mol. The van der Waals surface area contributed by atoms with E-state index in [0.29, 0.717) is 5.15 Å². The van der Waals surface area contributed by atoms with Crippen molar-refractivity contribution in [2.45, 2.75) is 6.42 Å². The summed E-state index contributed by atoms with van der Waals surface area (Å²) >= 11 is 5.96. The molecule has 3 nitrogen and oxygen atoms in total. The van der Waals surface area contributed by atoms with E-state index >= 15 is 0 Å². The third-order valence-corrected chi connectivity index (χ3v) is 3.74. The zero-order chi connectivity index (χ0) is 13.5. The lowest BCUT2D eigenvalue weighted by atomic mass is 10.0. The molecule has 0 amide bonds. The highest BCUT2D eigenvalue weighted by atomic mass is 35.5. The molecular formula is C16H10ClN3. The van der Waals surface area contributed by atoms with Gasteiger partial charge in [-0.2, -0.15) is 0 Å². The number of nitrogens with zero attached hydrogens (tertiary/aromatic N) is 3. The van der Waals surface area contributed by atoms with Gasteiger partial charge >= 0.3 is 0 Å². The van der Waals surface area contributed by atoms with Crippen molar-refractivity contribution in [3.63, 3.8) is 0 Å². The second-order valence-corrected chi connectivity index (χ2v) is 5.13. The highest BCUT2D eigenvalue weighted by molar-refractivity contribution is 6.29. The average Bonchev–Trinajstić information content (AvgIpc) is 2.85. The molecule has 0 atom stereocenters. The van der Waals surface area contributed by atoms with Crippen LogP contribution in [0.5, 0.6) is 0 Å². The fourth-order valence-corrected chi connectivity index (χ4v) is 2.87. The summed E-state index contributed by atoms with van der Waals surface area (Å²) in [5, 5.41) is 0.402. The Morgan fingerprint density at radius 2 is 1.90 bits per heavy atom. The molecule has 3 aromatic rings. The van der Waals surface area contributed by atoms with Crippen LogP contribution in [0, 0.1) is 0 Å². The molecule has 0 unspecified atom stereocenters. The first-order valence-electron chi connectivity index (χ1n) is 6.37. The van der Waals surface area contributed by atoms with E-state index < -0.39 is 0 Å². The summed E-state index contributed by atoms with van der Waals surface area (Å²) < 4.78 is 0. The molecule has 2 aromatic heterocycles.